The van der Waals surface area contributed by atoms with Gasteiger partial charge in [-0.25, -0.2) is 0 Å². The minimum absolute atomic E-state index is 0.0612. The summed E-state index contributed by atoms with van der Waals surface area (Å²) >= 11 is 0. The van der Waals surface area contributed by atoms with Crippen molar-refractivity contribution >= 4 is 18.2 Å². The molecular formula is C15H14BO. The average Bonchev–Trinajstić information content (AvgIpc) is 2.36. The van der Waals surface area contributed by atoms with Crippen molar-refractivity contribution in [1.29, 1.82) is 0 Å². The van der Waals surface area contributed by atoms with Crippen LogP contribution in [0.2, 0.25) is 0 Å². The predicted octanol–water partition coefficient (Wildman–Crippen LogP) is 1.70. The molecule has 0 fully saturated rings. The van der Waals surface area contributed by atoms with Crippen molar-refractivity contribution in [2.75, 3.05) is 7.11 Å². The lowest BCUT2D eigenvalue weighted by Gasteiger charge is -2.27. The number of ether oxygens (including phenoxy) is 1. The lowest BCUT2D eigenvalue weighted by Crippen LogP contribution is -2.39. The summed E-state index contributed by atoms with van der Waals surface area (Å²) in [7, 11) is 4.01. The summed E-state index contributed by atoms with van der Waals surface area (Å²) in [5, 5.41) is 0. The van der Waals surface area contributed by atoms with Crippen LogP contribution in [0.4, 0.5) is 0 Å². The first-order chi connectivity index (χ1) is 8.29. The minimum atomic E-state index is 0.0612. The Morgan fingerprint density at radius 2 is 1.76 bits per heavy atom. The summed E-state index contributed by atoms with van der Waals surface area (Å²) in [6.45, 7) is 2.12. The van der Waals surface area contributed by atoms with Gasteiger partial charge in [0.1, 0.15) is 6.10 Å². The summed E-state index contributed by atoms with van der Waals surface area (Å²) in [5.74, 6) is 0. The molecule has 1 atom stereocenters. The topological polar surface area (TPSA) is 9.23 Å². The van der Waals surface area contributed by atoms with Crippen LogP contribution in [0.5, 0.6) is 0 Å². The van der Waals surface area contributed by atoms with Crippen LogP contribution < -0.4 is 10.9 Å². The second kappa shape index (κ2) is 4.04. The maximum Gasteiger partial charge on any atom is 0.192 e. The highest BCUT2D eigenvalue weighted by molar-refractivity contribution is 6.69. The highest BCUT2D eigenvalue weighted by Gasteiger charge is 2.25. The van der Waals surface area contributed by atoms with Crippen LogP contribution in [0.3, 0.4) is 0 Å². The van der Waals surface area contributed by atoms with E-state index in [0.29, 0.717) is 0 Å². The normalized spacial score (nSPS) is 16.9. The second-order valence-corrected chi connectivity index (χ2v) is 4.52. The number of rotatable bonds is 1. The molecule has 2 aromatic rings. The summed E-state index contributed by atoms with van der Waals surface area (Å²) in [6.07, 6.45) is 0.0612. The fourth-order valence-corrected chi connectivity index (χ4v) is 2.52. The van der Waals surface area contributed by atoms with Gasteiger partial charge in [-0.2, -0.15) is 0 Å². The van der Waals surface area contributed by atoms with E-state index < -0.39 is 0 Å². The van der Waals surface area contributed by atoms with Gasteiger partial charge in [-0.3, -0.25) is 0 Å². The van der Waals surface area contributed by atoms with Gasteiger partial charge in [0.05, 0.1) is 0 Å². The molecule has 1 radical (unpaired) electrons. The molecule has 2 heteroatoms. The maximum atomic E-state index is 5.68. The van der Waals surface area contributed by atoms with E-state index in [1.165, 1.54) is 27.6 Å². The maximum absolute atomic E-state index is 5.68. The van der Waals surface area contributed by atoms with Gasteiger partial charge in [0, 0.05) is 7.11 Å². The second-order valence-electron chi connectivity index (χ2n) is 4.52. The summed E-state index contributed by atoms with van der Waals surface area (Å²) in [5.41, 5.74) is 6.33. The molecule has 1 unspecified atom stereocenters. The number of fused-ring (bicyclic) bond motifs is 2. The molecule has 0 N–H and O–H groups in total. The monoisotopic (exact) mass is 221 g/mol. The molecule has 1 aliphatic rings. The highest BCUT2D eigenvalue weighted by Crippen LogP contribution is 2.26. The molecule has 0 spiro atoms. The number of hydrogen-bond acceptors (Lipinski definition) is 1. The molecule has 0 amide bonds. The third-order valence-electron chi connectivity index (χ3n) is 3.35. The first-order valence-electron chi connectivity index (χ1n) is 5.86. The van der Waals surface area contributed by atoms with Gasteiger partial charge < -0.3 is 4.74 Å². The van der Waals surface area contributed by atoms with Crippen LogP contribution >= 0.6 is 0 Å². The van der Waals surface area contributed by atoms with Gasteiger partial charge in [-0.1, -0.05) is 59.0 Å². The van der Waals surface area contributed by atoms with Crippen LogP contribution in [0.1, 0.15) is 22.8 Å². The Balaban J connectivity index is 2.19. The van der Waals surface area contributed by atoms with Crippen LogP contribution in [0.25, 0.3) is 0 Å². The molecule has 1 aliphatic heterocycles. The van der Waals surface area contributed by atoms with Crippen molar-refractivity contribution < 1.29 is 4.74 Å². The number of benzene rings is 2. The van der Waals surface area contributed by atoms with Crippen molar-refractivity contribution in [1.82, 2.24) is 0 Å². The molecule has 0 aromatic heterocycles. The van der Waals surface area contributed by atoms with E-state index in [1.807, 2.05) is 0 Å². The molecule has 0 saturated heterocycles. The van der Waals surface area contributed by atoms with Crippen LogP contribution in [0.15, 0.2) is 42.5 Å². The lowest BCUT2D eigenvalue weighted by molar-refractivity contribution is 0.137. The van der Waals surface area contributed by atoms with Gasteiger partial charge in [0.2, 0.25) is 0 Å². The highest BCUT2D eigenvalue weighted by atomic mass is 16.5. The van der Waals surface area contributed by atoms with Crippen molar-refractivity contribution in [3.8, 4) is 0 Å². The Hall–Kier alpha value is -1.54. The molecule has 2 aromatic carbocycles. The Morgan fingerprint density at radius 3 is 2.59 bits per heavy atom. The molecule has 0 aliphatic carbocycles. The number of hydrogen-bond donors (Lipinski definition) is 0. The molecule has 0 bridgehead atoms. The lowest BCUT2D eigenvalue weighted by atomic mass is 9.56. The smallest absolute Gasteiger partial charge is 0.192 e. The van der Waals surface area contributed by atoms with Crippen molar-refractivity contribution in [3.63, 3.8) is 0 Å². The fourth-order valence-electron chi connectivity index (χ4n) is 2.52. The van der Waals surface area contributed by atoms with Gasteiger partial charge in [-0.05, 0) is 18.1 Å². The van der Waals surface area contributed by atoms with Gasteiger partial charge in [0.25, 0.3) is 0 Å². The predicted molar refractivity (Wildman–Crippen MR) is 71.5 cm³/mol. The van der Waals surface area contributed by atoms with Crippen LogP contribution in [0, 0.1) is 6.92 Å². The minimum Gasteiger partial charge on any atom is -0.372 e. The zero-order valence-electron chi connectivity index (χ0n) is 10.1. The fraction of sp³-hybridized carbons (Fsp3) is 0.200. The summed E-state index contributed by atoms with van der Waals surface area (Å²) in [6, 6.07) is 15.0. The van der Waals surface area contributed by atoms with E-state index in [1.54, 1.807) is 7.11 Å². The summed E-state index contributed by atoms with van der Waals surface area (Å²) < 4.78 is 5.68. The molecular weight excluding hydrogens is 207 g/mol. The Kier molecular flexibility index (Phi) is 2.52. The van der Waals surface area contributed by atoms with Gasteiger partial charge in [0.15, 0.2) is 7.28 Å². The first-order valence-corrected chi connectivity index (χ1v) is 5.86. The van der Waals surface area contributed by atoms with E-state index in [-0.39, 0.29) is 6.10 Å². The van der Waals surface area contributed by atoms with E-state index >= 15 is 0 Å². The number of methoxy groups -OCH3 is 1. The van der Waals surface area contributed by atoms with E-state index in [9.17, 15) is 0 Å². The van der Waals surface area contributed by atoms with Crippen LogP contribution in [-0.2, 0) is 4.74 Å². The molecule has 3 rings (SSSR count). The zero-order valence-corrected chi connectivity index (χ0v) is 10.1. The molecule has 1 nitrogen and oxygen atoms in total. The first kappa shape index (κ1) is 10.6. The standard InChI is InChI=1S/C15H14BO/c1-10-7-8-14-12(9-10)15(17-2)11-5-3-4-6-13(11)16-14/h3-9,15H,1-2H3. The Bertz CT molecular complexity index is 563. The van der Waals surface area contributed by atoms with E-state index in [2.05, 4.69) is 56.7 Å². The largest absolute Gasteiger partial charge is 0.372 e. The molecule has 17 heavy (non-hydrogen) atoms. The Labute approximate surface area is 103 Å². The quantitative estimate of drug-likeness (QED) is 0.666. The molecule has 0 saturated carbocycles. The van der Waals surface area contributed by atoms with Gasteiger partial charge >= 0.3 is 0 Å². The molecule has 1 heterocycles. The molecule has 83 valence electrons. The zero-order chi connectivity index (χ0) is 11.8. The summed E-state index contributed by atoms with van der Waals surface area (Å²) in [4.78, 5) is 0. The van der Waals surface area contributed by atoms with Crippen LogP contribution in [-0.4, -0.2) is 14.4 Å². The van der Waals surface area contributed by atoms with Crippen molar-refractivity contribution in [2.24, 2.45) is 0 Å². The third-order valence-corrected chi connectivity index (χ3v) is 3.35. The van der Waals surface area contributed by atoms with Crippen molar-refractivity contribution in [3.05, 3.63) is 59.2 Å². The average molecular weight is 221 g/mol. The Morgan fingerprint density at radius 1 is 1.00 bits per heavy atom. The number of aryl methyl sites for hydroxylation is 1. The van der Waals surface area contributed by atoms with E-state index in [0.717, 1.165) is 0 Å². The van der Waals surface area contributed by atoms with E-state index in [4.69, 9.17) is 4.74 Å². The van der Waals surface area contributed by atoms with Crippen molar-refractivity contribution in [2.45, 2.75) is 13.0 Å². The van der Waals surface area contributed by atoms with Gasteiger partial charge in [-0.15, -0.1) is 0 Å². The third kappa shape index (κ3) is 1.69. The SMILES string of the molecule is COC1c2ccccc2[B]c2ccc(C)cc21.